The van der Waals surface area contributed by atoms with Crippen molar-refractivity contribution in [1.29, 1.82) is 0 Å². The highest BCUT2D eigenvalue weighted by atomic mass is 16.5. The highest BCUT2D eigenvalue weighted by molar-refractivity contribution is 6.02. The quantitative estimate of drug-likeness (QED) is 0.575. The summed E-state index contributed by atoms with van der Waals surface area (Å²) in [5.74, 6) is -0.869. The Balaban J connectivity index is 1.73. The molecule has 2 heterocycles. The van der Waals surface area contributed by atoms with E-state index in [0.29, 0.717) is 0 Å². The second kappa shape index (κ2) is 6.08. The molecule has 0 aromatic carbocycles. The molecule has 0 N–H and O–H groups in total. The van der Waals surface area contributed by atoms with Crippen molar-refractivity contribution < 1.29 is 19.1 Å². The molecule has 0 aliphatic carbocycles. The van der Waals surface area contributed by atoms with Gasteiger partial charge >= 0.3 is 5.97 Å². The van der Waals surface area contributed by atoms with E-state index in [9.17, 15) is 14.4 Å². The summed E-state index contributed by atoms with van der Waals surface area (Å²) in [6, 6.07) is 3.55. The van der Waals surface area contributed by atoms with Crippen molar-refractivity contribution in [3.8, 4) is 0 Å². The lowest BCUT2D eigenvalue weighted by atomic mass is 10.3. The minimum absolute atomic E-state index is 0.0255. The Hall–Kier alpha value is -2.24. The van der Waals surface area contributed by atoms with Crippen LogP contribution >= 0.6 is 0 Å². The smallest absolute Gasteiger partial charge is 0.307 e. The van der Waals surface area contributed by atoms with Gasteiger partial charge in [0, 0.05) is 37.3 Å². The van der Waals surface area contributed by atoms with Crippen molar-refractivity contribution in [2.45, 2.75) is 25.9 Å². The van der Waals surface area contributed by atoms with Crippen molar-refractivity contribution in [2.24, 2.45) is 0 Å². The summed E-state index contributed by atoms with van der Waals surface area (Å²) in [6.45, 7) is 0.248. The average Bonchev–Trinajstić information content (AvgIpc) is 2.75. The number of pyridine rings is 1. The van der Waals surface area contributed by atoms with Crippen LogP contribution in [0.3, 0.4) is 0 Å². The standard InChI is InChI=1S/C13H14N2O4/c16-11-3-4-12(17)15(11)7-5-13(18)19-9-10-2-1-6-14-8-10/h1-2,6,8H,3-5,7,9H2. The Kier molecular flexibility index (Phi) is 4.22. The molecule has 1 aliphatic heterocycles. The monoisotopic (exact) mass is 262 g/mol. The molecular weight excluding hydrogens is 248 g/mol. The van der Waals surface area contributed by atoms with Crippen molar-refractivity contribution in [3.63, 3.8) is 0 Å². The summed E-state index contributed by atoms with van der Waals surface area (Å²) in [6.07, 6.45) is 3.75. The van der Waals surface area contributed by atoms with Gasteiger partial charge in [-0.3, -0.25) is 24.3 Å². The third-order valence-corrected chi connectivity index (χ3v) is 2.82. The van der Waals surface area contributed by atoms with Crippen LogP contribution in [0.5, 0.6) is 0 Å². The van der Waals surface area contributed by atoms with Gasteiger partial charge in [-0.1, -0.05) is 6.07 Å². The molecule has 1 fully saturated rings. The second-order valence-electron chi connectivity index (χ2n) is 4.21. The van der Waals surface area contributed by atoms with Crippen molar-refractivity contribution >= 4 is 17.8 Å². The van der Waals surface area contributed by atoms with Crippen molar-refractivity contribution in [3.05, 3.63) is 30.1 Å². The molecule has 6 heteroatoms. The van der Waals surface area contributed by atoms with Crippen LogP contribution in [-0.4, -0.2) is 34.2 Å². The van der Waals surface area contributed by atoms with E-state index in [0.717, 1.165) is 10.5 Å². The van der Waals surface area contributed by atoms with E-state index in [1.807, 2.05) is 0 Å². The summed E-state index contributed by atoms with van der Waals surface area (Å²) in [4.78, 5) is 39.2. The van der Waals surface area contributed by atoms with Crippen LogP contribution in [0.2, 0.25) is 0 Å². The van der Waals surface area contributed by atoms with Crippen LogP contribution < -0.4 is 0 Å². The first-order chi connectivity index (χ1) is 9.16. The fourth-order valence-electron chi connectivity index (χ4n) is 1.79. The summed E-state index contributed by atoms with van der Waals surface area (Å²) in [7, 11) is 0. The van der Waals surface area contributed by atoms with Gasteiger partial charge in [0.15, 0.2) is 0 Å². The van der Waals surface area contributed by atoms with Gasteiger partial charge in [0.05, 0.1) is 6.42 Å². The molecule has 0 bridgehead atoms. The number of hydrogen-bond donors (Lipinski definition) is 0. The van der Waals surface area contributed by atoms with Gasteiger partial charge in [-0.2, -0.15) is 0 Å². The highest BCUT2D eigenvalue weighted by Gasteiger charge is 2.28. The Bertz CT molecular complexity index is 471. The second-order valence-corrected chi connectivity index (χ2v) is 4.21. The highest BCUT2D eigenvalue weighted by Crippen LogP contribution is 2.12. The number of imide groups is 1. The maximum absolute atomic E-state index is 11.5. The van der Waals surface area contributed by atoms with Crippen LogP contribution in [0.4, 0.5) is 0 Å². The average molecular weight is 262 g/mol. The van der Waals surface area contributed by atoms with E-state index in [4.69, 9.17) is 4.74 Å². The van der Waals surface area contributed by atoms with Gasteiger partial charge in [0.2, 0.25) is 11.8 Å². The molecule has 0 spiro atoms. The minimum atomic E-state index is -0.434. The first kappa shape index (κ1) is 13.2. The third-order valence-electron chi connectivity index (χ3n) is 2.82. The lowest BCUT2D eigenvalue weighted by molar-refractivity contribution is -0.146. The minimum Gasteiger partial charge on any atom is -0.461 e. The molecule has 0 radical (unpaired) electrons. The molecule has 1 aromatic rings. The van der Waals surface area contributed by atoms with Gasteiger partial charge in [-0.05, 0) is 6.07 Å². The molecule has 1 aliphatic rings. The number of ether oxygens (including phenoxy) is 1. The number of amides is 2. The molecule has 0 saturated carbocycles. The van der Waals surface area contributed by atoms with Gasteiger partial charge in [0.25, 0.3) is 0 Å². The Labute approximate surface area is 110 Å². The number of nitrogens with zero attached hydrogens (tertiary/aromatic N) is 2. The number of rotatable bonds is 5. The first-order valence-corrected chi connectivity index (χ1v) is 6.04. The molecule has 19 heavy (non-hydrogen) atoms. The van der Waals surface area contributed by atoms with E-state index in [2.05, 4.69) is 4.98 Å². The summed E-state index contributed by atoms with van der Waals surface area (Å²) in [5.41, 5.74) is 0.796. The number of aromatic nitrogens is 1. The Morgan fingerprint density at radius 3 is 2.68 bits per heavy atom. The summed E-state index contributed by atoms with van der Waals surface area (Å²) < 4.78 is 5.03. The number of carbonyl (C=O) groups is 3. The van der Waals surface area contributed by atoms with Crippen molar-refractivity contribution in [2.75, 3.05) is 6.54 Å². The number of esters is 1. The molecule has 0 atom stereocenters. The van der Waals surface area contributed by atoms with Crippen LogP contribution in [0.15, 0.2) is 24.5 Å². The Morgan fingerprint density at radius 1 is 1.32 bits per heavy atom. The van der Waals surface area contributed by atoms with Crippen LogP contribution in [0, 0.1) is 0 Å². The molecule has 2 amide bonds. The normalized spacial score (nSPS) is 14.8. The van der Waals surface area contributed by atoms with E-state index in [1.54, 1.807) is 24.5 Å². The Morgan fingerprint density at radius 2 is 2.05 bits per heavy atom. The van der Waals surface area contributed by atoms with Crippen LogP contribution in [0.25, 0.3) is 0 Å². The van der Waals surface area contributed by atoms with E-state index >= 15 is 0 Å². The molecule has 2 rings (SSSR count). The molecule has 6 nitrogen and oxygen atoms in total. The third kappa shape index (κ3) is 3.61. The zero-order valence-electron chi connectivity index (χ0n) is 10.4. The van der Waals surface area contributed by atoms with Gasteiger partial charge in [-0.25, -0.2) is 0 Å². The zero-order valence-corrected chi connectivity index (χ0v) is 10.4. The predicted octanol–water partition coefficient (Wildman–Crippen LogP) is 0.664. The van der Waals surface area contributed by atoms with Gasteiger partial charge < -0.3 is 4.74 Å². The molecule has 0 unspecified atom stereocenters. The summed E-state index contributed by atoms with van der Waals surface area (Å²) >= 11 is 0. The van der Waals surface area contributed by atoms with Crippen molar-refractivity contribution in [1.82, 2.24) is 9.88 Å². The first-order valence-electron chi connectivity index (χ1n) is 6.04. The largest absolute Gasteiger partial charge is 0.461 e. The molecule has 100 valence electrons. The topological polar surface area (TPSA) is 76.6 Å². The lowest BCUT2D eigenvalue weighted by Gasteiger charge is -2.12. The number of carbonyl (C=O) groups excluding carboxylic acids is 3. The fraction of sp³-hybridized carbons (Fsp3) is 0.385. The molecule has 1 aromatic heterocycles. The maximum atomic E-state index is 11.5. The maximum Gasteiger partial charge on any atom is 0.307 e. The SMILES string of the molecule is O=C(CCN1C(=O)CCC1=O)OCc1cccnc1. The van der Waals surface area contributed by atoms with Crippen LogP contribution in [-0.2, 0) is 25.7 Å². The number of hydrogen-bond acceptors (Lipinski definition) is 5. The lowest BCUT2D eigenvalue weighted by Crippen LogP contribution is -2.31. The van der Waals surface area contributed by atoms with E-state index in [-0.39, 0.29) is 44.2 Å². The zero-order chi connectivity index (χ0) is 13.7. The van der Waals surface area contributed by atoms with Crippen LogP contribution in [0.1, 0.15) is 24.8 Å². The molecule has 1 saturated heterocycles. The fourth-order valence-corrected chi connectivity index (χ4v) is 1.79. The van der Waals surface area contributed by atoms with E-state index < -0.39 is 5.97 Å². The molecular formula is C13H14N2O4. The summed E-state index contributed by atoms with van der Waals surface area (Å²) in [5, 5.41) is 0. The number of likely N-dealkylation sites (tertiary alicyclic amines) is 1. The van der Waals surface area contributed by atoms with Gasteiger partial charge in [0.1, 0.15) is 6.61 Å². The van der Waals surface area contributed by atoms with Gasteiger partial charge in [-0.15, -0.1) is 0 Å². The predicted molar refractivity (Wildman–Crippen MR) is 64.6 cm³/mol. The van der Waals surface area contributed by atoms with E-state index in [1.165, 1.54) is 0 Å².